The standard InChI is InChI=1S/C11H11F3N4/c1-7(15)9-3-2-8(6-16-9)18-5-4-10(17-18)11(12,13)14/h2-7H,15H2,1H3/t7-/m1/s1. The average Bonchev–Trinajstić information content (AvgIpc) is 2.78. The Morgan fingerprint density at radius 1 is 1.28 bits per heavy atom. The molecule has 0 aliphatic rings. The van der Waals surface area contributed by atoms with Crippen molar-refractivity contribution in [3.63, 3.8) is 0 Å². The first kappa shape index (κ1) is 12.6. The number of hydrogen-bond donors (Lipinski definition) is 1. The van der Waals surface area contributed by atoms with Crippen molar-refractivity contribution < 1.29 is 13.2 Å². The minimum Gasteiger partial charge on any atom is -0.323 e. The maximum absolute atomic E-state index is 12.4. The highest BCUT2D eigenvalue weighted by molar-refractivity contribution is 5.30. The summed E-state index contributed by atoms with van der Waals surface area (Å²) in [6.45, 7) is 1.78. The van der Waals surface area contributed by atoms with E-state index in [0.717, 1.165) is 10.7 Å². The predicted octanol–water partition coefficient (Wildman–Crippen LogP) is 2.31. The van der Waals surface area contributed by atoms with E-state index in [0.29, 0.717) is 11.4 Å². The fraction of sp³-hybridized carbons (Fsp3) is 0.273. The zero-order chi connectivity index (χ0) is 13.3. The Hall–Kier alpha value is -1.89. The number of halogens is 3. The Bertz CT molecular complexity index is 528. The summed E-state index contributed by atoms with van der Waals surface area (Å²) in [7, 11) is 0. The predicted molar refractivity (Wildman–Crippen MR) is 59.0 cm³/mol. The molecule has 0 saturated heterocycles. The van der Waals surface area contributed by atoms with E-state index in [2.05, 4.69) is 10.1 Å². The largest absolute Gasteiger partial charge is 0.435 e. The number of pyridine rings is 1. The van der Waals surface area contributed by atoms with Gasteiger partial charge in [-0.3, -0.25) is 4.98 Å². The van der Waals surface area contributed by atoms with Gasteiger partial charge in [0.05, 0.1) is 17.6 Å². The summed E-state index contributed by atoms with van der Waals surface area (Å²) < 4.78 is 38.3. The maximum atomic E-state index is 12.4. The topological polar surface area (TPSA) is 56.7 Å². The molecule has 2 rings (SSSR count). The van der Waals surface area contributed by atoms with Crippen molar-refractivity contribution in [3.05, 3.63) is 42.0 Å². The van der Waals surface area contributed by atoms with Gasteiger partial charge in [0, 0.05) is 12.2 Å². The molecule has 2 aromatic heterocycles. The number of alkyl halides is 3. The van der Waals surface area contributed by atoms with Crippen molar-refractivity contribution in [2.24, 2.45) is 5.73 Å². The van der Waals surface area contributed by atoms with E-state index in [9.17, 15) is 13.2 Å². The molecule has 0 unspecified atom stereocenters. The molecule has 4 nitrogen and oxygen atoms in total. The molecule has 18 heavy (non-hydrogen) atoms. The molecule has 2 aromatic rings. The third kappa shape index (κ3) is 2.51. The summed E-state index contributed by atoms with van der Waals surface area (Å²) in [5, 5.41) is 3.45. The Labute approximate surface area is 101 Å². The van der Waals surface area contributed by atoms with Crippen LogP contribution in [0.25, 0.3) is 5.69 Å². The van der Waals surface area contributed by atoms with Crippen LogP contribution in [0, 0.1) is 0 Å². The van der Waals surface area contributed by atoms with Crippen LogP contribution in [0.15, 0.2) is 30.6 Å². The van der Waals surface area contributed by atoms with Crippen molar-refractivity contribution in [3.8, 4) is 5.69 Å². The SMILES string of the molecule is C[C@@H](N)c1ccc(-n2ccc(C(F)(F)F)n2)cn1. The number of hydrogen-bond acceptors (Lipinski definition) is 3. The molecule has 2 N–H and O–H groups in total. The zero-order valence-corrected chi connectivity index (χ0v) is 9.52. The van der Waals surface area contributed by atoms with Crippen LogP contribution in [0.3, 0.4) is 0 Å². The van der Waals surface area contributed by atoms with Crippen molar-refractivity contribution in [2.75, 3.05) is 0 Å². The van der Waals surface area contributed by atoms with E-state index in [1.807, 2.05) is 0 Å². The van der Waals surface area contributed by atoms with Gasteiger partial charge >= 0.3 is 6.18 Å². The first-order valence-electron chi connectivity index (χ1n) is 5.22. The molecule has 0 spiro atoms. The molecule has 0 amide bonds. The second-order valence-corrected chi connectivity index (χ2v) is 3.87. The maximum Gasteiger partial charge on any atom is 0.435 e. The monoisotopic (exact) mass is 256 g/mol. The van der Waals surface area contributed by atoms with Crippen molar-refractivity contribution in [1.29, 1.82) is 0 Å². The average molecular weight is 256 g/mol. The summed E-state index contributed by atoms with van der Waals surface area (Å²) in [4.78, 5) is 4.06. The van der Waals surface area contributed by atoms with Gasteiger partial charge in [-0.1, -0.05) is 0 Å². The number of rotatable bonds is 2. The lowest BCUT2D eigenvalue weighted by Gasteiger charge is -2.06. The van der Waals surface area contributed by atoms with E-state index < -0.39 is 11.9 Å². The van der Waals surface area contributed by atoms with E-state index in [-0.39, 0.29) is 6.04 Å². The molecule has 0 aromatic carbocycles. The lowest BCUT2D eigenvalue weighted by molar-refractivity contribution is -0.141. The minimum absolute atomic E-state index is 0.220. The van der Waals surface area contributed by atoms with Crippen LogP contribution in [0.4, 0.5) is 13.2 Å². The molecule has 0 aliphatic heterocycles. The van der Waals surface area contributed by atoms with Crippen LogP contribution in [0.5, 0.6) is 0 Å². The van der Waals surface area contributed by atoms with Gasteiger partial charge in [0.15, 0.2) is 5.69 Å². The van der Waals surface area contributed by atoms with Gasteiger partial charge in [-0.15, -0.1) is 0 Å². The van der Waals surface area contributed by atoms with Gasteiger partial charge in [-0.2, -0.15) is 18.3 Å². The molecule has 0 radical (unpaired) electrons. The quantitative estimate of drug-likeness (QED) is 0.897. The summed E-state index contributed by atoms with van der Waals surface area (Å²) in [5.74, 6) is 0. The summed E-state index contributed by atoms with van der Waals surface area (Å²) in [5.41, 5.74) is 5.82. The van der Waals surface area contributed by atoms with Gasteiger partial charge in [-0.25, -0.2) is 4.68 Å². The van der Waals surface area contributed by atoms with Crippen LogP contribution in [-0.2, 0) is 6.18 Å². The third-order valence-electron chi connectivity index (χ3n) is 2.38. The Kier molecular flexibility index (Phi) is 3.08. The Balaban J connectivity index is 2.29. The molecule has 1 atom stereocenters. The molecule has 0 bridgehead atoms. The highest BCUT2D eigenvalue weighted by Gasteiger charge is 2.33. The normalized spacial score (nSPS) is 13.6. The fourth-order valence-corrected chi connectivity index (χ4v) is 1.42. The first-order chi connectivity index (χ1) is 8.38. The fourth-order valence-electron chi connectivity index (χ4n) is 1.42. The molecule has 0 saturated carbocycles. The van der Waals surface area contributed by atoms with Crippen molar-refractivity contribution >= 4 is 0 Å². The number of aromatic nitrogens is 3. The van der Waals surface area contributed by atoms with Crippen molar-refractivity contribution in [1.82, 2.24) is 14.8 Å². The van der Waals surface area contributed by atoms with Gasteiger partial charge in [0.1, 0.15) is 0 Å². The van der Waals surface area contributed by atoms with E-state index in [1.54, 1.807) is 19.1 Å². The molecule has 96 valence electrons. The highest BCUT2D eigenvalue weighted by Crippen LogP contribution is 2.27. The smallest absolute Gasteiger partial charge is 0.323 e. The molecule has 7 heteroatoms. The summed E-state index contributed by atoms with van der Waals surface area (Å²) in [6.07, 6.45) is -1.76. The molecule has 0 aliphatic carbocycles. The number of nitrogens with zero attached hydrogens (tertiary/aromatic N) is 3. The van der Waals surface area contributed by atoms with Gasteiger partial charge in [-0.05, 0) is 25.1 Å². The second-order valence-electron chi connectivity index (χ2n) is 3.87. The minimum atomic E-state index is -4.44. The highest BCUT2D eigenvalue weighted by atomic mass is 19.4. The second kappa shape index (κ2) is 4.41. The van der Waals surface area contributed by atoms with E-state index >= 15 is 0 Å². The third-order valence-corrected chi connectivity index (χ3v) is 2.38. The molecule has 2 heterocycles. The summed E-state index contributed by atoms with van der Waals surface area (Å²) in [6, 6.07) is 3.98. The Morgan fingerprint density at radius 3 is 2.44 bits per heavy atom. The lowest BCUT2D eigenvalue weighted by Crippen LogP contribution is -2.09. The van der Waals surface area contributed by atoms with E-state index in [4.69, 9.17) is 5.73 Å². The zero-order valence-electron chi connectivity index (χ0n) is 9.52. The van der Waals surface area contributed by atoms with Crippen molar-refractivity contribution in [2.45, 2.75) is 19.1 Å². The number of nitrogens with two attached hydrogens (primary N) is 1. The van der Waals surface area contributed by atoms with Gasteiger partial charge in [0.25, 0.3) is 0 Å². The molecular formula is C11H11F3N4. The van der Waals surface area contributed by atoms with Gasteiger partial charge < -0.3 is 5.73 Å². The first-order valence-corrected chi connectivity index (χ1v) is 5.22. The summed E-state index contributed by atoms with van der Waals surface area (Å²) >= 11 is 0. The van der Waals surface area contributed by atoms with Crippen LogP contribution >= 0.6 is 0 Å². The Morgan fingerprint density at radius 2 is 2.00 bits per heavy atom. The van der Waals surface area contributed by atoms with Crippen LogP contribution in [0.2, 0.25) is 0 Å². The van der Waals surface area contributed by atoms with Crippen LogP contribution in [-0.4, -0.2) is 14.8 Å². The lowest BCUT2D eigenvalue weighted by atomic mass is 10.2. The molecular weight excluding hydrogens is 245 g/mol. The van der Waals surface area contributed by atoms with Crippen LogP contribution < -0.4 is 5.73 Å². The van der Waals surface area contributed by atoms with Crippen LogP contribution in [0.1, 0.15) is 24.4 Å². The van der Waals surface area contributed by atoms with E-state index in [1.165, 1.54) is 12.4 Å². The molecule has 0 fully saturated rings. The van der Waals surface area contributed by atoms with Gasteiger partial charge in [0.2, 0.25) is 0 Å².